The molecule has 0 fully saturated rings. The highest BCUT2D eigenvalue weighted by molar-refractivity contribution is 6.40. The Balaban J connectivity index is 1.64. The molecule has 0 heterocycles. The Morgan fingerprint density at radius 2 is 1.52 bits per heavy atom. The second kappa shape index (κ2) is 7.76. The van der Waals surface area contributed by atoms with E-state index in [0.29, 0.717) is 22.0 Å². The molecule has 0 bridgehead atoms. The van der Waals surface area contributed by atoms with E-state index >= 15 is 0 Å². The van der Waals surface area contributed by atoms with Crippen molar-refractivity contribution in [3.63, 3.8) is 0 Å². The van der Waals surface area contributed by atoms with Gasteiger partial charge in [-0.3, -0.25) is 9.59 Å². The van der Waals surface area contributed by atoms with Gasteiger partial charge in [0.25, 0.3) is 0 Å². The van der Waals surface area contributed by atoms with Gasteiger partial charge in [-0.15, -0.1) is 0 Å². The number of anilines is 1. The smallest absolute Gasteiger partial charge is 0.313 e. The van der Waals surface area contributed by atoms with E-state index in [2.05, 4.69) is 10.6 Å². The number of nitrogens with one attached hydrogen (secondary N) is 2. The molecule has 27 heavy (non-hydrogen) atoms. The van der Waals surface area contributed by atoms with Gasteiger partial charge in [0.05, 0.1) is 6.10 Å². The first-order valence-electron chi connectivity index (χ1n) is 8.22. The summed E-state index contributed by atoms with van der Waals surface area (Å²) < 4.78 is 0. The maximum atomic E-state index is 12.1. The average Bonchev–Trinajstić information content (AvgIpc) is 2.67. The largest absolute Gasteiger partial charge is 0.508 e. The predicted molar refractivity (Wildman–Crippen MR) is 100 cm³/mol. The monoisotopic (exact) mass is 366 g/mol. The molecule has 0 aliphatic carbocycles. The molecule has 0 aromatic heterocycles. The van der Waals surface area contributed by atoms with Gasteiger partial charge in [0.15, 0.2) is 0 Å². The summed E-state index contributed by atoms with van der Waals surface area (Å²) in [6, 6.07) is 15.8. The van der Waals surface area contributed by atoms with Gasteiger partial charge in [0.1, 0.15) is 11.5 Å². The van der Waals surface area contributed by atoms with Crippen LogP contribution in [0, 0.1) is 0 Å². The van der Waals surface area contributed by atoms with Gasteiger partial charge in [-0.2, -0.15) is 0 Å². The van der Waals surface area contributed by atoms with Gasteiger partial charge in [-0.1, -0.05) is 36.4 Å². The van der Waals surface area contributed by atoms with E-state index < -0.39 is 17.9 Å². The summed E-state index contributed by atoms with van der Waals surface area (Å²) in [5, 5.41) is 35.2. The van der Waals surface area contributed by atoms with Crippen LogP contribution in [0.25, 0.3) is 10.8 Å². The normalized spacial score (nSPS) is 11.7. The summed E-state index contributed by atoms with van der Waals surface area (Å²) in [5.41, 5.74) is 0.890. The lowest BCUT2D eigenvalue weighted by Crippen LogP contribution is -2.37. The highest BCUT2D eigenvalue weighted by atomic mass is 16.3. The molecule has 3 aromatic carbocycles. The number of aromatic hydroxyl groups is 2. The molecular weight excluding hydrogens is 348 g/mol. The van der Waals surface area contributed by atoms with Crippen LogP contribution in [0.2, 0.25) is 0 Å². The molecule has 0 aliphatic rings. The molecule has 7 nitrogen and oxygen atoms in total. The number of aliphatic hydroxyl groups is 1. The van der Waals surface area contributed by atoms with Crippen LogP contribution in [0.3, 0.4) is 0 Å². The second-order valence-corrected chi connectivity index (χ2v) is 5.95. The van der Waals surface area contributed by atoms with Crippen LogP contribution in [0.1, 0.15) is 11.7 Å². The van der Waals surface area contributed by atoms with Crippen LogP contribution in [0.5, 0.6) is 11.5 Å². The van der Waals surface area contributed by atoms with Gasteiger partial charge < -0.3 is 26.0 Å². The lowest BCUT2D eigenvalue weighted by molar-refractivity contribution is -0.136. The highest BCUT2D eigenvalue weighted by Gasteiger charge is 2.17. The summed E-state index contributed by atoms with van der Waals surface area (Å²) >= 11 is 0. The number of fused-ring (bicyclic) bond motifs is 1. The second-order valence-electron chi connectivity index (χ2n) is 5.95. The quantitative estimate of drug-likeness (QED) is 0.453. The van der Waals surface area contributed by atoms with E-state index in [4.69, 9.17) is 0 Å². The van der Waals surface area contributed by atoms with Crippen molar-refractivity contribution in [3.8, 4) is 11.5 Å². The molecule has 3 aromatic rings. The minimum absolute atomic E-state index is 0.0653. The van der Waals surface area contributed by atoms with Crippen molar-refractivity contribution >= 4 is 28.3 Å². The Labute approximate surface area is 154 Å². The molecule has 138 valence electrons. The van der Waals surface area contributed by atoms with Gasteiger partial charge in [-0.25, -0.2) is 0 Å². The first-order chi connectivity index (χ1) is 13.0. The Hall–Kier alpha value is -3.58. The molecule has 0 saturated carbocycles. The first-order valence-corrected chi connectivity index (χ1v) is 8.22. The minimum atomic E-state index is -1.02. The zero-order chi connectivity index (χ0) is 19.4. The zero-order valence-electron chi connectivity index (χ0n) is 14.2. The lowest BCUT2D eigenvalue weighted by atomic mass is 10.1. The van der Waals surface area contributed by atoms with E-state index in [9.17, 15) is 24.9 Å². The van der Waals surface area contributed by atoms with Crippen molar-refractivity contribution in [1.29, 1.82) is 0 Å². The van der Waals surface area contributed by atoms with Crippen molar-refractivity contribution < 1.29 is 24.9 Å². The third-order valence-corrected chi connectivity index (χ3v) is 4.09. The number of phenolic OH excluding ortho intramolecular Hbond substituents is 2. The molecule has 0 radical (unpaired) electrons. The summed E-state index contributed by atoms with van der Waals surface area (Å²) in [7, 11) is 0. The SMILES string of the molecule is O=C(NC[C@H](O)c1ccc(O)cc1)C(=O)Nc1cccc2c(O)cccc12. The number of amides is 2. The van der Waals surface area contributed by atoms with Crippen LogP contribution < -0.4 is 10.6 Å². The molecule has 1 atom stereocenters. The number of phenols is 2. The fourth-order valence-electron chi connectivity index (χ4n) is 2.67. The molecule has 5 N–H and O–H groups in total. The maximum absolute atomic E-state index is 12.1. The van der Waals surface area contributed by atoms with E-state index in [1.807, 2.05) is 0 Å². The highest BCUT2D eigenvalue weighted by Crippen LogP contribution is 2.29. The van der Waals surface area contributed by atoms with E-state index in [-0.39, 0.29) is 18.0 Å². The summed E-state index contributed by atoms with van der Waals surface area (Å²) in [5.74, 6) is -1.64. The molecule has 2 amide bonds. The molecule has 7 heteroatoms. The van der Waals surface area contributed by atoms with Crippen molar-refractivity contribution in [2.24, 2.45) is 0 Å². The van der Waals surface area contributed by atoms with Crippen LogP contribution >= 0.6 is 0 Å². The number of carbonyl (C=O) groups is 2. The lowest BCUT2D eigenvalue weighted by Gasteiger charge is -2.13. The maximum Gasteiger partial charge on any atom is 0.313 e. The number of benzene rings is 3. The summed E-state index contributed by atoms with van der Waals surface area (Å²) in [6.45, 7) is -0.159. The number of aliphatic hydroxyl groups excluding tert-OH is 1. The molecule has 0 aliphatic heterocycles. The van der Waals surface area contributed by atoms with E-state index in [1.165, 1.54) is 30.3 Å². The van der Waals surface area contributed by atoms with Gasteiger partial charge in [0, 0.05) is 23.0 Å². The molecule has 3 rings (SSSR count). The Morgan fingerprint density at radius 3 is 2.26 bits per heavy atom. The van der Waals surface area contributed by atoms with Gasteiger partial charge in [0.2, 0.25) is 0 Å². The molecular formula is C20H18N2O5. The first kappa shape index (κ1) is 18.2. The number of hydrogen-bond donors (Lipinski definition) is 5. The van der Waals surface area contributed by atoms with Crippen LogP contribution in [0.15, 0.2) is 60.7 Å². The standard InChI is InChI=1S/C20H18N2O5/c23-13-9-7-12(8-10-13)18(25)11-21-19(26)20(27)22-16-5-1-4-15-14(16)3-2-6-17(15)24/h1-10,18,23-25H,11H2,(H,21,26)(H,22,27)/t18-/m0/s1. The molecule has 0 saturated heterocycles. The molecule has 0 spiro atoms. The average molecular weight is 366 g/mol. The van der Waals surface area contributed by atoms with Crippen molar-refractivity contribution in [3.05, 3.63) is 66.2 Å². The minimum Gasteiger partial charge on any atom is -0.508 e. The van der Waals surface area contributed by atoms with Gasteiger partial charge >= 0.3 is 11.8 Å². The van der Waals surface area contributed by atoms with Gasteiger partial charge in [-0.05, 0) is 29.8 Å². The van der Waals surface area contributed by atoms with Crippen molar-refractivity contribution in [2.45, 2.75) is 6.10 Å². The Bertz CT molecular complexity index is 985. The topological polar surface area (TPSA) is 119 Å². The van der Waals surface area contributed by atoms with Crippen LogP contribution in [-0.2, 0) is 9.59 Å². The number of carbonyl (C=O) groups excluding carboxylic acids is 2. The Kier molecular flexibility index (Phi) is 5.23. The van der Waals surface area contributed by atoms with Crippen LogP contribution in [-0.4, -0.2) is 33.7 Å². The Morgan fingerprint density at radius 1 is 0.852 bits per heavy atom. The third-order valence-electron chi connectivity index (χ3n) is 4.09. The third kappa shape index (κ3) is 4.16. The fourth-order valence-corrected chi connectivity index (χ4v) is 2.67. The fraction of sp³-hybridized carbons (Fsp3) is 0.100. The van der Waals surface area contributed by atoms with E-state index in [0.717, 1.165) is 0 Å². The van der Waals surface area contributed by atoms with E-state index in [1.54, 1.807) is 30.3 Å². The van der Waals surface area contributed by atoms with Crippen LogP contribution in [0.4, 0.5) is 5.69 Å². The molecule has 0 unspecified atom stereocenters. The number of rotatable bonds is 4. The van der Waals surface area contributed by atoms with Crippen molar-refractivity contribution in [2.75, 3.05) is 11.9 Å². The summed E-state index contributed by atoms with van der Waals surface area (Å²) in [4.78, 5) is 24.2. The predicted octanol–water partition coefficient (Wildman–Crippen LogP) is 2.04. The summed E-state index contributed by atoms with van der Waals surface area (Å²) in [6.07, 6.45) is -1.02. The zero-order valence-corrected chi connectivity index (χ0v) is 14.2. The number of hydrogen-bond acceptors (Lipinski definition) is 5. The van der Waals surface area contributed by atoms with Crippen molar-refractivity contribution in [1.82, 2.24) is 5.32 Å².